The Bertz CT molecular complexity index is 1620. The molecule has 0 spiro atoms. The molecule has 3 aromatic rings. The van der Waals surface area contributed by atoms with Gasteiger partial charge < -0.3 is 24.3 Å². The Hall–Kier alpha value is -4.11. The first kappa shape index (κ1) is 33.4. The molecule has 0 aliphatic heterocycles. The minimum Gasteiger partial charge on any atom is -0.495 e. The van der Waals surface area contributed by atoms with Gasteiger partial charge in [0.15, 0.2) is 15.5 Å². The molecule has 0 aliphatic rings. The number of anilines is 2. The Labute approximate surface area is 254 Å². The zero-order valence-electron chi connectivity index (χ0n) is 24.9. The van der Waals surface area contributed by atoms with Crippen molar-refractivity contribution >= 4 is 56.9 Å². The molecule has 2 atom stereocenters. The summed E-state index contributed by atoms with van der Waals surface area (Å²) in [7, 11) is -2.32. The lowest BCUT2D eigenvalue weighted by Crippen LogP contribution is -2.48. The largest absolute Gasteiger partial charge is 0.495 e. The van der Waals surface area contributed by atoms with Crippen LogP contribution in [0.25, 0.3) is 5.65 Å². The number of hydrogen-bond acceptors (Lipinski definition) is 11. The third kappa shape index (κ3) is 8.70. The standard InChI is InChI=1S/C27H34ClN5O9S/c1-15(2)22(30-25(35)42-27(4,5)6)23(34)40-16(3)41-26(36)33(24-29-21-12-9-17(28)14-32(21)31-24)19-11-10-18(43(8,37)38)13-20(19)39-7/h9-16,22H,1-8H3,(H,30,35)/t16?,22-/m0/s1. The normalized spacial score (nSPS) is 13.3. The highest BCUT2D eigenvalue weighted by atomic mass is 35.5. The molecule has 0 radical (unpaired) electrons. The van der Waals surface area contributed by atoms with Gasteiger partial charge in [0.1, 0.15) is 17.4 Å². The number of hydrogen-bond donors (Lipinski definition) is 1. The van der Waals surface area contributed by atoms with Crippen molar-refractivity contribution in [1.82, 2.24) is 19.9 Å². The van der Waals surface area contributed by atoms with Gasteiger partial charge in [-0.25, -0.2) is 32.2 Å². The zero-order valence-corrected chi connectivity index (χ0v) is 26.5. The van der Waals surface area contributed by atoms with Crippen molar-refractivity contribution in [2.75, 3.05) is 18.3 Å². The quantitative estimate of drug-likeness (QED) is 0.258. The van der Waals surface area contributed by atoms with Crippen LogP contribution in [0.5, 0.6) is 5.75 Å². The van der Waals surface area contributed by atoms with E-state index in [1.165, 1.54) is 42.9 Å². The summed E-state index contributed by atoms with van der Waals surface area (Å²) >= 11 is 6.07. The highest BCUT2D eigenvalue weighted by Crippen LogP contribution is 2.35. The van der Waals surface area contributed by atoms with E-state index in [0.717, 1.165) is 11.2 Å². The van der Waals surface area contributed by atoms with Gasteiger partial charge in [0, 0.05) is 25.4 Å². The fourth-order valence-corrected chi connectivity index (χ4v) is 4.48. The number of carbonyl (C=O) groups is 3. The lowest BCUT2D eigenvalue weighted by atomic mass is 10.1. The monoisotopic (exact) mass is 639 g/mol. The zero-order chi connectivity index (χ0) is 32.3. The van der Waals surface area contributed by atoms with Crippen molar-refractivity contribution in [1.29, 1.82) is 0 Å². The summed E-state index contributed by atoms with van der Waals surface area (Å²) in [6.07, 6.45) is -0.860. The Morgan fingerprint density at radius 2 is 1.74 bits per heavy atom. The van der Waals surface area contributed by atoms with E-state index in [1.807, 2.05) is 0 Å². The number of amides is 2. The number of pyridine rings is 1. The van der Waals surface area contributed by atoms with E-state index in [1.54, 1.807) is 46.8 Å². The molecule has 14 nitrogen and oxygen atoms in total. The van der Waals surface area contributed by atoms with E-state index in [2.05, 4.69) is 15.4 Å². The number of sulfone groups is 1. The number of alkyl carbamates (subject to hydrolysis) is 1. The van der Waals surface area contributed by atoms with E-state index < -0.39 is 51.8 Å². The first-order valence-electron chi connectivity index (χ1n) is 13.0. The van der Waals surface area contributed by atoms with Crippen LogP contribution in [0.1, 0.15) is 41.5 Å². The van der Waals surface area contributed by atoms with Crippen LogP contribution in [0.15, 0.2) is 41.4 Å². The van der Waals surface area contributed by atoms with Crippen molar-refractivity contribution < 1.29 is 41.7 Å². The third-order valence-corrected chi connectivity index (χ3v) is 6.96. The van der Waals surface area contributed by atoms with Crippen LogP contribution in [-0.4, -0.2) is 72.5 Å². The average molecular weight is 640 g/mol. The van der Waals surface area contributed by atoms with Crippen LogP contribution < -0.4 is 15.0 Å². The number of nitrogens with one attached hydrogen (secondary N) is 1. The van der Waals surface area contributed by atoms with Crippen molar-refractivity contribution in [3.05, 3.63) is 41.6 Å². The Balaban J connectivity index is 1.92. The van der Waals surface area contributed by atoms with Crippen LogP contribution in [0.3, 0.4) is 0 Å². The highest BCUT2D eigenvalue weighted by molar-refractivity contribution is 7.90. The molecule has 0 saturated carbocycles. The fourth-order valence-electron chi connectivity index (χ4n) is 3.69. The fraction of sp³-hybridized carbons (Fsp3) is 0.444. The summed E-state index contributed by atoms with van der Waals surface area (Å²) in [5.74, 6) is -1.46. The van der Waals surface area contributed by atoms with E-state index in [0.29, 0.717) is 10.7 Å². The van der Waals surface area contributed by atoms with Gasteiger partial charge in [-0.05, 0) is 51.0 Å². The van der Waals surface area contributed by atoms with E-state index in [-0.39, 0.29) is 22.3 Å². The number of aromatic nitrogens is 3. The van der Waals surface area contributed by atoms with Gasteiger partial charge in [0.2, 0.25) is 6.29 Å². The topological polar surface area (TPSA) is 168 Å². The highest BCUT2D eigenvalue weighted by Gasteiger charge is 2.33. The van der Waals surface area contributed by atoms with Gasteiger partial charge in [-0.1, -0.05) is 25.4 Å². The van der Waals surface area contributed by atoms with Crippen molar-refractivity contribution in [2.45, 2.75) is 64.4 Å². The van der Waals surface area contributed by atoms with Gasteiger partial charge in [-0.2, -0.15) is 4.98 Å². The second-order valence-corrected chi connectivity index (χ2v) is 13.2. The van der Waals surface area contributed by atoms with Gasteiger partial charge in [-0.15, -0.1) is 5.10 Å². The minimum absolute atomic E-state index is 0.0113. The van der Waals surface area contributed by atoms with Crippen molar-refractivity contribution in [3.63, 3.8) is 0 Å². The number of fused-ring (bicyclic) bond motifs is 1. The molecule has 0 aliphatic carbocycles. The summed E-state index contributed by atoms with van der Waals surface area (Å²) in [6, 6.07) is 5.87. The molecule has 1 aromatic carbocycles. The number of benzene rings is 1. The summed E-state index contributed by atoms with van der Waals surface area (Å²) in [4.78, 5) is 44.1. The number of carbonyl (C=O) groups excluding carboxylic acids is 3. The van der Waals surface area contributed by atoms with Crippen LogP contribution >= 0.6 is 11.6 Å². The molecule has 0 saturated heterocycles. The van der Waals surface area contributed by atoms with E-state index >= 15 is 0 Å². The smallest absolute Gasteiger partial charge is 0.424 e. The molecule has 2 aromatic heterocycles. The maximum atomic E-state index is 13.6. The molecule has 234 valence electrons. The summed E-state index contributed by atoms with van der Waals surface area (Å²) < 4.78 is 47.0. The Kier molecular flexibility index (Phi) is 10.1. The molecule has 16 heteroatoms. The van der Waals surface area contributed by atoms with E-state index in [4.69, 9.17) is 30.5 Å². The summed E-state index contributed by atoms with van der Waals surface area (Å²) in [5.41, 5.74) is -0.428. The Morgan fingerprint density at radius 1 is 1.07 bits per heavy atom. The lowest BCUT2D eigenvalue weighted by molar-refractivity contribution is -0.168. The molecule has 2 amide bonds. The van der Waals surface area contributed by atoms with Crippen LogP contribution in [0, 0.1) is 5.92 Å². The number of nitrogens with zero attached hydrogens (tertiary/aromatic N) is 4. The third-order valence-electron chi connectivity index (χ3n) is 5.63. The lowest BCUT2D eigenvalue weighted by Gasteiger charge is -2.26. The van der Waals surface area contributed by atoms with Crippen LogP contribution in [-0.2, 0) is 28.8 Å². The molecular formula is C27H34ClN5O9S. The first-order valence-corrected chi connectivity index (χ1v) is 15.3. The van der Waals surface area contributed by atoms with Gasteiger partial charge in [0.05, 0.1) is 22.7 Å². The molecule has 0 bridgehead atoms. The maximum Gasteiger partial charge on any atom is 0.424 e. The number of ether oxygens (including phenoxy) is 4. The van der Waals surface area contributed by atoms with Gasteiger partial charge in [-0.3, -0.25) is 0 Å². The SMILES string of the molecule is COc1cc(S(C)(=O)=O)ccc1N(C(=O)OC(C)OC(=O)[C@@H](NC(=O)OC(C)(C)C)C(C)C)c1nc2ccc(Cl)cn2n1. The molecule has 1 N–H and O–H groups in total. The predicted molar refractivity (Wildman–Crippen MR) is 156 cm³/mol. The second kappa shape index (κ2) is 13.0. The first-order chi connectivity index (χ1) is 19.9. The number of methoxy groups -OCH3 is 1. The maximum absolute atomic E-state index is 13.6. The second-order valence-electron chi connectivity index (χ2n) is 10.8. The van der Waals surface area contributed by atoms with E-state index in [9.17, 15) is 22.8 Å². The minimum atomic E-state index is -3.62. The molecule has 2 heterocycles. The predicted octanol–water partition coefficient (Wildman–Crippen LogP) is 4.51. The number of rotatable bonds is 9. The molecule has 0 fully saturated rings. The molecular weight excluding hydrogens is 606 g/mol. The summed E-state index contributed by atoms with van der Waals surface area (Å²) in [5, 5.41) is 7.13. The number of halogens is 1. The average Bonchev–Trinajstić information content (AvgIpc) is 3.27. The summed E-state index contributed by atoms with van der Waals surface area (Å²) in [6.45, 7) is 9.72. The van der Waals surface area contributed by atoms with Crippen molar-refractivity contribution in [2.24, 2.45) is 5.92 Å². The van der Waals surface area contributed by atoms with Crippen molar-refractivity contribution in [3.8, 4) is 5.75 Å². The molecule has 1 unspecified atom stereocenters. The number of esters is 1. The van der Waals surface area contributed by atoms with Gasteiger partial charge in [0.25, 0.3) is 5.95 Å². The van der Waals surface area contributed by atoms with Crippen LogP contribution in [0.4, 0.5) is 21.2 Å². The molecule has 43 heavy (non-hydrogen) atoms. The van der Waals surface area contributed by atoms with Crippen LogP contribution in [0.2, 0.25) is 5.02 Å². The van der Waals surface area contributed by atoms with Gasteiger partial charge >= 0.3 is 18.2 Å². The molecule has 3 rings (SSSR count). The Morgan fingerprint density at radius 3 is 2.33 bits per heavy atom.